The number of hydrogen-bond acceptors (Lipinski definition) is 3. The highest BCUT2D eigenvalue weighted by molar-refractivity contribution is 5.87. The van der Waals surface area contributed by atoms with E-state index in [1.54, 1.807) is 0 Å². The Morgan fingerprint density at radius 1 is 1.19 bits per heavy atom. The minimum Gasteiger partial charge on any atom is -0.480 e. The van der Waals surface area contributed by atoms with Gasteiger partial charge in [0.2, 0.25) is 0 Å². The van der Waals surface area contributed by atoms with Crippen LogP contribution >= 0.6 is 0 Å². The molecule has 1 amide bonds. The summed E-state index contributed by atoms with van der Waals surface area (Å²) in [5.41, 5.74) is 0. The lowest BCUT2D eigenvalue weighted by molar-refractivity contribution is -0.155. The van der Waals surface area contributed by atoms with Crippen LogP contribution in [0, 0.1) is 0 Å². The van der Waals surface area contributed by atoms with Gasteiger partial charge in [-0.25, -0.2) is 4.79 Å². The third-order valence-corrected chi connectivity index (χ3v) is 3.28. The van der Waals surface area contributed by atoms with Crippen LogP contribution in [0.25, 0.3) is 0 Å². The number of carbonyl (C=O) groups is 2. The Hall–Kier alpha value is -1.10. The minimum atomic E-state index is -0.901. The Balaban J connectivity index is 1.99. The van der Waals surface area contributed by atoms with Crippen molar-refractivity contribution >= 4 is 11.9 Å². The second-order valence-electron chi connectivity index (χ2n) is 4.38. The first kappa shape index (κ1) is 11.4. The predicted octanol–water partition coefficient (Wildman–Crippen LogP) is 0.631. The van der Waals surface area contributed by atoms with E-state index in [0.29, 0.717) is 19.6 Å². The SMILES string of the molecule is O=C(O)C1CCCN1C(=O)C1CCCCO1. The molecule has 2 saturated heterocycles. The van der Waals surface area contributed by atoms with E-state index in [1.807, 2.05) is 0 Å². The van der Waals surface area contributed by atoms with E-state index in [2.05, 4.69) is 0 Å². The number of nitrogens with zero attached hydrogens (tertiary/aromatic N) is 1. The topological polar surface area (TPSA) is 66.8 Å². The average Bonchev–Trinajstić information content (AvgIpc) is 2.78. The quantitative estimate of drug-likeness (QED) is 0.751. The highest BCUT2D eigenvalue weighted by atomic mass is 16.5. The summed E-state index contributed by atoms with van der Waals surface area (Å²) < 4.78 is 5.40. The van der Waals surface area contributed by atoms with Crippen LogP contribution in [-0.2, 0) is 14.3 Å². The van der Waals surface area contributed by atoms with Crippen molar-refractivity contribution < 1.29 is 19.4 Å². The number of carboxylic acid groups (broad SMARTS) is 1. The number of likely N-dealkylation sites (tertiary alicyclic amines) is 1. The van der Waals surface area contributed by atoms with Crippen LogP contribution in [0.3, 0.4) is 0 Å². The molecule has 0 bridgehead atoms. The molecule has 2 aliphatic rings. The molecule has 5 nitrogen and oxygen atoms in total. The smallest absolute Gasteiger partial charge is 0.326 e. The number of aliphatic carboxylic acids is 1. The zero-order valence-electron chi connectivity index (χ0n) is 9.22. The zero-order valence-corrected chi connectivity index (χ0v) is 9.22. The van der Waals surface area contributed by atoms with Crippen molar-refractivity contribution in [3.63, 3.8) is 0 Å². The van der Waals surface area contributed by atoms with Crippen molar-refractivity contribution in [2.24, 2.45) is 0 Å². The van der Waals surface area contributed by atoms with E-state index in [-0.39, 0.29) is 5.91 Å². The van der Waals surface area contributed by atoms with Gasteiger partial charge in [-0.05, 0) is 32.1 Å². The Morgan fingerprint density at radius 3 is 2.62 bits per heavy atom. The summed E-state index contributed by atoms with van der Waals surface area (Å²) in [6.45, 7) is 1.16. The van der Waals surface area contributed by atoms with Gasteiger partial charge in [0.15, 0.2) is 0 Å². The fourth-order valence-electron chi connectivity index (χ4n) is 2.41. The lowest BCUT2D eigenvalue weighted by Gasteiger charge is -2.28. The van der Waals surface area contributed by atoms with E-state index in [1.165, 1.54) is 4.90 Å². The van der Waals surface area contributed by atoms with E-state index >= 15 is 0 Å². The fraction of sp³-hybridized carbons (Fsp3) is 0.818. The first-order valence-corrected chi connectivity index (χ1v) is 5.85. The van der Waals surface area contributed by atoms with Gasteiger partial charge in [0, 0.05) is 13.2 Å². The van der Waals surface area contributed by atoms with Crippen molar-refractivity contribution in [1.82, 2.24) is 4.90 Å². The summed E-state index contributed by atoms with van der Waals surface area (Å²) in [5, 5.41) is 9.00. The Bertz CT molecular complexity index is 286. The normalized spacial score (nSPS) is 30.4. The van der Waals surface area contributed by atoms with Crippen LogP contribution in [0.4, 0.5) is 0 Å². The molecule has 2 atom stereocenters. The molecule has 0 aromatic heterocycles. The van der Waals surface area contributed by atoms with Gasteiger partial charge in [-0.1, -0.05) is 0 Å². The van der Waals surface area contributed by atoms with Gasteiger partial charge in [-0.2, -0.15) is 0 Å². The van der Waals surface area contributed by atoms with E-state index in [9.17, 15) is 9.59 Å². The summed E-state index contributed by atoms with van der Waals surface area (Å²) in [5.74, 6) is -1.04. The van der Waals surface area contributed by atoms with Gasteiger partial charge >= 0.3 is 5.97 Å². The third kappa shape index (κ3) is 2.19. The highest BCUT2D eigenvalue weighted by Gasteiger charge is 2.37. The number of carboxylic acids is 1. The Morgan fingerprint density at radius 2 is 2.00 bits per heavy atom. The number of ether oxygens (including phenoxy) is 1. The summed E-state index contributed by atoms with van der Waals surface area (Å²) in [6.07, 6.45) is 3.63. The second-order valence-corrected chi connectivity index (χ2v) is 4.38. The standard InChI is InChI=1S/C11H17NO4/c13-10(9-5-1-2-7-16-9)12-6-3-4-8(12)11(14)15/h8-9H,1-7H2,(H,14,15). The Kier molecular flexibility index (Phi) is 3.43. The van der Waals surface area contributed by atoms with Gasteiger partial charge in [0.05, 0.1) is 0 Å². The van der Waals surface area contributed by atoms with Gasteiger partial charge in [-0.15, -0.1) is 0 Å². The molecule has 2 fully saturated rings. The number of amides is 1. The third-order valence-electron chi connectivity index (χ3n) is 3.28. The molecule has 0 aromatic carbocycles. The summed E-state index contributed by atoms with van der Waals surface area (Å²) in [4.78, 5) is 24.5. The molecule has 0 spiro atoms. The largest absolute Gasteiger partial charge is 0.480 e. The van der Waals surface area contributed by atoms with E-state index in [0.717, 1.165) is 25.7 Å². The minimum absolute atomic E-state index is 0.135. The fourth-order valence-corrected chi connectivity index (χ4v) is 2.41. The molecule has 0 saturated carbocycles. The lowest BCUT2D eigenvalue weighted by Crippen LogP contribution is -2.47. The van der Waals surface area contributed by atoms with Crippen molar-refractivity contribution in [3.8, 4) is 0 Å². The van der Waals surface area contributed by atoms with Crippen LogP contribution in [0.1, 0.15) is 32.1 Å². The van der Waals surface area contributed by atoms with Crippen molar-refractivity contribution in [1.29, 1.82) is 0 Å². The molecule has 2 heterocycles. The molecule has 90 valence electrons. The summed E-state index contributed by atoms with van der Waals surface area (Å²) >= 11 is 0. The maximum atomic E-state index is 12.1. The molecular weight excluding hydrogens is 210 g/mol. The van der Waals surface area contributed by atoms with Crippen LogP contribution in [0.2, 0.25) is 0 Å². The molecule has 2 aliphatic heterocycles. The van der Waals surface area contributed by atoms with Gasteiger partial charge in [0.25, 0.3) is 5.91 Å². The number of carbonyl (C=O) groups excluding carboxylic acids is 1. The van der Waals surface area contributed by atoms with Crippen molar-refractivity contribution in [2.75, 3.05) is 13.2 Å². The van der Waals surface area contributed by atoms with E-state index in [4.69, 9.17) is 9.84 Å². The predicted molar refractivity (Wildman–Crippen MR) is 56.0 cm³/mol. The van der Waals surface area contributed by atoms with E-state index < -0.39 is 18.1 Å². The first-order chi connectivity index (χ1) is 7.70. The average molecular weight is 227 g/mol. The molecule has 5 heteroatoms. The van der Waals surface area contributed by atoms with Crippen LogP contribution < -0.4 is 0 Å². The van der Waals surface area contributed by atoms with Crippen LogP contribution in [-0.4, -0.2) is 47.2 Å². The molecule has 0 radical (unpaired) electrons. The zero-order chi connectivity index (χ0) is 11.5. The number of hydrogen-bond donors (Lipinski definition) is 1. The molecule has 0 aromatic rings. The second kappa shape index (κ2) is 4.82. The van der Waals surface area contributed by atoms with Gasteiger partial charge in [0.1, 0.15) is 12.1 Å². The van der Waals surface area contributed by atoms with Crippen LogP contribution in [0.5, 0.6) is 0 Å². The summed E-state index contributed by atoms with van der Waals surface area (Å²) in [6, 6.07) is -0.641. The molecule has 1 N–H and O–H groups in total. The highest BCUT2D eigenvalue weighted by Crippen LogP contribution is 2.22. The molecule has 16 heavy (non-hydrogen) atoms. The van der Waals surface area contributed by atoms with Crippen molar-refractivity contribution in [3.05, 3.63) is 0 Å². The molecule has 0 aliphatic carbocycles. The molecule has 2 unspecified atom stereocenters. The van der Waals surface area contributed by atoms with Crippen LogP contribution in [0.15, 0.2) is 0 Å². The maximum absolute atomic E-state index is 12.1. The number of rotatable bonds is 2. The monoisotopic (exact) mass is 227 g/mol. The first-order valence-electron chi connectivity index (χ1n) is 5.85. The Labute approximate surface area is 94.4 Å². The van der Waals surface area contributed by atoms with Crippen molar-refractivity contribution in [2.45, 2.75) is 44.2 Å². The van der Waals surface area contributed by atoms with Gasteiger partial charge in [-0.3, -0.25) is 4.79 Å². The molecular formula is C11H17NO4. The van der Waals surface area contributed by atoms with Gasteiger partial charge < -0.3 is 14.7 Å². The lowest BCUT2D eigenvalue weighted by atomic mass is 10.1. The maximum Gasteiger partial charge on any atom is 0.326 e. The summed E-state index contributed by atoms with van der Waals surface area (Å²) in [7, 11) is 0. The molecule has 2 rings (SSSR count).